The zero-order chi connectivity index (χ0) is 38.4. The first-order valence-electron chi connectivity index (χ1n) is 20.3. The molecule has 1 aromatic heterocycles. The first-order chi connectivity index (χ1) is 27.7. The minimum absolute atomic E-state index is 0.170. The molecule has 0 unspecified atom stereocenters. The van der Waals surface area contributed by atoms with Crippen LogP contribution in [0.15, 0.2) is 152 Å². The largest absolute Gasteiger partial charge is 0.355 e. The minimum atomic E-state index is -0.183. The van der Waals surface area contributed by atoms with E-state index in [1.54, 1.807) is 0 Å². The molecule has 8 aromatic carbocycles. The van der Waals surface area contributed by atoms with Gasteiger partial charge in [-0.2, -0.15) is 0 Å². The molecule has 0 amide bonds. The zero-order valence-electron chi connectivity index (χ0n) is 33.0. The van der Waals surface area contributed by atoms with Crippen LogP contribution in [0.1, 0.15) is 55.5 Å². The van der Waals surface area contributed by atoms with E-state index in [2.05, 4.69) is 201 Å². The minimum Gasteiger partial charge on any atom is -0.355 e. The summed E-state index contributed by atoms with van der Waals surface area (Å²) in [7, 11) is 0.855. The first-order valence-corrected chi connectivity index (χ1v) is 20.3. The molecule has 0 saturated heterocycles. The molecule has 12 rings (SSSR count). The molecule has 0 spiro atoms. The number of hydrogen-bond acceptors (Lipinski definition) is 2. The van der Waals surface area contributed by atoms with Crippen LogP contribution in [-0.4, -0.2) is 11.8 Å². The van der Waals surface area contributed by atoms with E-state index in [1.165, 1.54) is 105 Å². The van der Waals surface area contributed by atoms with Gasteiger partial charge in [0.05, 0.1) is 28.1 Å². The molecule has 0 bridgehead atoms. The molecular formula is C53H42BN3. The molecule has 3 aliphatic rings. The third kappa shape index (κ3) is 4.28. The van der Waals surface area contributed by atoms with Crippen molar-refractivity contribution in [1.82, 2.24) is 4.57 Å². The van der Waals surface area contributed by atoms with E-state index in [9.17, 15) is 0 Å². The third-order valence-corrected chi connectivity index (χ3v) is 13.6. The fourth-order valence-electron chi connectivity index (χ4n) is 10.8. The van der Waals surface area contributed by atoms with E-state index in [1.807, 2.05) is 0 Å². The second-order valence-electron chi connectivity index (χ2n) is 17.5. The quantitative estimate of drug-likeness (QED) is 0.182. The molecule has 57 heavy (non-hydrogen) atoms. The van der Waals surface area contributed by atoms with Crippen LogP contribution >= 0.6 is 0 Å². The number of rotatable bonds is 4. The smallest absolute Gasteiger partial charge is 0.198 e. The summed E-state index contributed by atoms with van der Waals surface area (Å²) in [6, 6.07) is 57.0. The van der Waals surface area contributed by atoms with Gasteiger partial charge in [0.15, 0.2) is 7.28 Å². The number of fused-ring (bicyclic) bond motifs is 5. The van der Waals surface area contributed by atoms with E-state index in [-0.39, 0.29) is 10.8 Å². The van der Waals surface area contributed by atoms with Crippen LogP contribution in [0.4, 0.5) is 28.4 Å². The first kappa shape index (κ1) is 32.7. The number of anilines is 5. The van der Waals surface area contributed by atoms with Crippen molar-refractivity contribution in [3.05, 3.63) is 179 Å². The van der Waals surface area contributed by atoms with E-state index >= 15 is 0 Å². The fourth-order valence-corrected chi connectivity index (χ4v) is 10.8. The Morgan fingerprint density at radius 2 is 1.18 bits per heavy atom. The lowest BCUT2D eigenvalue weighted by atomic mass is 9.57. The second-order valence-corrected chi connectivity index (χ2v) is 17.5. The Bertz CT molecular complexity index is 3150. The summed E-state index contributed by atoms with van der Waals surface area (Å²) in [5.74, 6) is 0. The Morgan fingerprint density at radius 1 is 0.526 bits per heavy atom. The summed E-state index contributed by atoms with van der Waals surface area (Å²) >= 11 is 0. The molecule has 0 radical (unpaired) electrons. The maximum absolute atomic E-state index is 3.85. The molecule has 0 aliphatic carbocycles. The van der Waals surface area contributed by atoms with Gasteiger partial charge in [-0.1, -0.05) is 148 Å². The lowest BCUT2D eigenvalue weighted by Gasteiger charge is -2.42. The molecule has 3 nitrogen and oxygen atoms in total. The highest BCUT2D eigenvalue weighted by Gasteiger charge is 2.43. The van der Waals surface area contributed by atoms with E-state index in [0.29, 0.717) is 0 Å². The average molecular weight is 732 g/mol. The van der Waals surface area contributed by atoms with Crippen LogP contribution in [0.25, 0.3) is 49.4 Å². The number of aromatic nitrogens is 1. The van der Waals surface area contributed by atoms with E-state index in [4.69, 9.17) is 0 Å². The number of hydrogen-bond donors (Lipinski definition) is 1. The van der Waals surface area contributed by atoms with E-state index in [0.717, 1.165) is 18.7 Å². The summed E-state index contributed by atoms with van der Waals surface area (Å²) < 4.78 is 2.69. The van der Waals surface area contributed by atoms with Gasteiger partial charge >= 0.3 is 0 Å². The monoisotopic (exact) mass is 731 g/mol. The van der Waals surface area contributed by atoms with Gasteiger partial charge in [0.25, 0.3) is 0 Å². The van der Waals surface area contributed by atoms with Crippen LogP contribution in [0.3, 0.4) is 0 Å². The number of benzene rings is 8. The van der Waals surface area contributed by atoms with Crippen molar-refractivity contribution in [1.29, 1.82) is 0 Å². The topological polar surface area (TPSA) is 20.2 Å². The van der Waals surface area contributed by atoms with Gasteiger partial charge in [0.2, 0.25) is 0 Å². The predicted octanol–water partition coefficient (Wildman–Crippen LogP) is 12.1. The normalized spacial score (nSPS) is 15.1. The van der Waals surface area contributed by atoms with Gasteiger partial charge < -0.3 is 14.8 Å². The molecule has 0 fully saturated rings. The highest BCUT2D eigenvalue weighted by molar-refractivity contribution is 6.74. The van der Waals surface area contributed by atoms with Gasteiger partial charge in [-0.05, 0) is 93.4 Å². The second kappa shape index (κ2) is 11.3. The lowest BCUT2D eigenvalue weighted by molar-refractivity contribution is 0.632. The van der Waals surface area contributed by atoms with Crippen LogP contribution in [0.5, 0.6) is 0 Å². The van der Waals surface area contributed by atoms with Crippen LogP contribution in [-0.2, 0) is 10.8 Å². The maximum Gasteiger partial charge on any atom is 0.198 e. The SMILES string of the molecule is Cc1ccc(Nc2ccccc2-c2cc(N3c4ccccc4C(C)(C)c4ccccc43)c3c4c5ccccc5cc5c4n4c3c2Bc2cccc(c2-4)C5(C)C)cc1. The molecule has 3 aliphatic heterocycles. The van der Waals surface area contributed by atoms with Crippen LogP contribution < -0.4 is 21.1 Å². The molecule has 4 heterocycles. The van der Waals surface area contributed by atoms with Crippen molar-refractivity contribution in [2.75, 3.05) is 10.2 Å². The zero-order valence-corrected chi connectivity index (χ0v) is 33.0. The summed E-state index contributed by atoms with van der Waals surface area (Å²) in [5, 5.41) is 9.12. The molecule has 272 valence electrons. The Balaban J connectivity index is 1.30. The van der Waals surface area contributed by atoms with Crippen molar-refractivity contribution < 1.29 is 0 Å². The summed E-state index contributed by atoms with van der Waals surface area (Å²) in [6.45, 7) is 11.8. The Kier molecular flexibility index (Phi) is 6.48. The Morgan fingerprint density at radius 3 is 1.95 bits per heavy atom. The van der Waals surface area contributed by atoms with Gasteiger partial charge in [-0.25, -0.2) is 0 Å². The number of para-hydroxylation sites is 4. The van der Waals surface area contributed by atoms with Crippen molar-refractivity contribution in [3.8, 4) is 16.8 Å². The average Bonchev–Trinajstić information content (AvgIpc) is 3.59. The van der Waals surface area contributed by atoms with Crippen molar-refractivity contribution in [2.24, 2.45) is 0 Å². The Labute approximate surface area is 334 Å². The van der Waals surface area contributed by atoms with Gasteiger partial charge in [0.1, 0.15) is 0 Å². The molecular weight excluding hydrogens is 689 g/mol. The number of nitrogens with zero attached hydrogens (tertiary/aromatic N) is 2. The number of aryl methyl sites for hydroxylation is 1. The Hall–Kier alpha value is -6.52. The lowest BCUT2D eigenvalue weighted by Crippen LogP contribution is -2.41. The van der Waals surface area contributed by atoms with Gasteiger partial charge in [-0.15, -0.1) is 0 Å². The molecule has 0 saturated carbocycles. The summed E-state index contributed by atoms with van der Waals surface area (Å²) in [4.78, 5) is 2.60. The summed E-state index contributed by atoms with van der Waals surface area (Å²) in [6.07, 6.45) is 0. The maximum atomic E-state index is 3.85. The highest BCUT2D eigenvalue weighted by Crippen LogP contribution is 2.57. The van der Waals surface area contributed by atoms with Gasteiger partial charge in [0, 0.05) is 44.2 Å². The summed E-state index contributed by atoms with van der Waals surface area (Å²) in [5.41, 5.74) is 21.5. The highest BCUT2D eigenvalue weighted by atomic mass is 15.2. The molecule has 4 heteroatoms. The molecule has 0 atom stereocenters. The predicted molar refractivity (Wildman–Crippen MR) is 244 cm³/mol. The van der Waals surface area contributed by atoms with Crippen LogP contribution in [0.2, 0.25) is 0 Å². The third-order valence-electron chi connectivity index (χ3n) is 13.6. The van der Waals surface area contributed by atoms with Crippen LogP contribution in [0, 0.1) is 6.92 Å². The molecule has 9 aromatic rings. The van der Waals surface area contributed by atoms with Gasteiger partial charge in [-0.3, -0.25) is 0 Å². The number of nitrogens with one attached hydrogen (secondary N) is 1. The van der Waals surface area contributed by atoms with E-state index < -0.39 is 0 Å². The van der Waals surface area contributed by atoms with Crippen molar-refractivity contribution >= 4 is 79.2 Å². The molecule has 1 N–H and O–H groups in total. The van der Waals surface area contributed by atoms with Crippen molar-refractivity contribution in [3.63, 3.8) is 0 Å². The van der Waals surface area contributed by atoms with Crippen molar-refractivity contribution in [2.45, 2.75) is 45.4 Å². The standard InChI is InChI=1S/C53H42BN3/c1-31-25-27-33(28-26-31)55-42-22-11-8-17-35(42)36-30-45(56-43-23-12-9-18-37(43)52(2,3)38-19-10-13-24-44(38)56)47-46-34-16-7-6-15-32(34)29-40-50(46)57-49-39(53(40,4)5)20-14-21-41(49)54-48(36)51(47)57/h6-30,54-55H,1-5H3. The fraction of sp³-hybridized carbons (Fsp3) is 0.132.